The molecule has 1 heterocycles. The predicted molar refractivity (Wildman–Crippen MR) is 117 cm³/mol. The number of benzene rings is 2. The number of carbonyl (C=O) groups is 2. The molecule has 2 aromatic carbocycles. The highest BCUT2D eigenvalue weighted by molar-refractivity contribution is 7.88. The van der Waals surface area contributed by atoms with E-state index < -0.39 is 33.9 Å². The number of likely N-dealkylation sites (tertiary alicyclic amines) is 1. The van der Waals surface area contributed by atoms with Crippen molar-refractivity contribution in [3.63, 3.8) is 0 Å². The number of nitrogens with zero attached hydrogens (tertiary/aromatic N) is 1. The Balaban J connectivity index is 1.79. The van der Waals surface area contributed by atoms with Crippen molar-refractivity contribution in [3.05, 3.63) is 59.7 Å². The van der Waals surface area contributed by atoms with E-state index in [1.807, 2.05) is 24.3 Å². The summed E-state index contributed by atoms with van der Waals surface area (Å²) < 4.78 is 25.6. The molecule has 0 spiro atoms. The Morgan fingerprint density at radius 2 is 1.65 bits per heavy atom. The molecule has 1 fully saturated rings. The van der Waals surface area contributed by atoms with Gasteiger partial charge < -0.3 is 4.90 Å². The van der Waals surface area contributed by atoms with Gasteiger partial charge in [0, 0.05) is 12.1 Å². The monoisotopic (exact) mass is 445 g/mol. The van der Waals surface area contributed by atoms with Crippen LogP contribution in [-0.4, -0.2) is 55.2 Å². The number of hydroxylamine groups is 1. The fraction of sp³-hybridized carbons (Fsp3) is 0.364. The minimum atomic E-state index is -3.59. The van der Waals surface area contributed by atoms with Crippen LogP contribution in [0, 0.1) is 0 Å². The Morgan fingerprint density at radius 3 is 2.16 bits per heavy atom. The van der Waals surface area contributed by atoms with E-state index in [1.54, 1.807) is 12.1 Å². The van der Waals surface area contributed by atoms with Crippen LogP contribution in [0.5, 0.6) is 0 Å². The minimum Gasteiger partial charge on any atom is -0.325 e. The maximum Gasteiger partial charge on any atom is 0.267 e. The number of nitrogens with one attached hydrogen (secondary N) is 2. The lowest BCUT2D eigenvalue weighted by Gasteiger charge is -2.26. The summed E-state index contributed by atoms with van der Waals surface area (Å²) in [5.74, 6) is -1.24. The molecule has 3 rings (SSSR count). The van der Waals surface area contributed by atoms with Crippen molar-refractivity contribution in [1.82, 2.24) is 15.1 Å². The third-order valence-electron chi connectivity index (χ3n) is 5.36. The predicted octanol–water partition coefficient (Wildman–Crippen LogP) is 1.94. The lowest BCUT2D eigenvalue weighted by Crippen LogP contribution is -2.54. The molecule has 0 unspecified atom stereocenters. The van der Waals surface area contributed by atoms with Gasteiger partial charge in [-0.1, -0.05) is 49.7 Å². The number of rotatable bonds is 7. The van der Waals surface area contributed by atoms with Gasteiger partial charge in [0.15, 0.2) is 0 Å². The van der Waals surface area contributed by atoms with Crippen molar-refractivity contribution in [2.75, 3.05) is 12.8 Å². The van der Waals surface area contributed by atoms with Gasteiger partial charge in [-0.15, -0.1) is 0 Å². The van der Waals surface area contributed by atoms with Gasteiger partial charge in [0.2, 0.25) is 10.0 Å². The normalized spacial score (nSPS) is 18.7. The van der Waals surface area contributed by atoms with Crippen molar-refractivity contribution in [1.29, 1.82) is 0 Å². The van der Waals surface area contributed by atoms with Crippen LogP contribution in [0.1, 0.15) is 35.7 Å². The molecule has 2 atom stereocenters. The average molecular weight is 446 g/mol. The molecule has 0 radical (unpaired) electrons. The van der Waals surface area contributed by atoms with Gasteiger partial charge in [0.25, 0.3) is 11.8 Å². The zero-order valence-electron chi connectivity index (χ0n) is 17.5. The van der Waals surface area contributed by atoms with E-state index in [-0.39, 0.29) is 13.0 Å². The van der Waals surface area contributed by atoms with E-state index in [0.717, 1.165) is 30.2 Å². The summed E-state index contributed by atoms with van der Waals surface area (Å²) in [5, 5.41) is 9.08. The van der Waals surface area contributed by atoms with Gasteiger partial charge in [-0.3, -0.25) is 14.8 Å². The van der Waals surface area contributed by atoms with Gasteiger partial charge in [-0.25, -0.2) is 18.6 Å². The van der Waals surface area contributed by atoms with Crippen molar-refractivity contribution in [2.45, 2.75) is 38.3 Å². The number of sulfonamides is 1. The number of carbonyl (C=O) groups excluding carboxylic acids is 2. The molecule has 2 aromatic rings. The number of hydrogen-bond acceptors (Lipinski definition) is 5. The molecule has 0 aliphatic carbocycles. The molecule has 0 bridgehead atoms. The summed E-state index contributed by atoms with van der Waals surface area (Å²) in [6, 6.07) is 13.4. The van der Waals surface area contributed by atoms with Crippen LogP contribution in [0.25, 0.3) is 11.1 Å². The van der Waals surface area contributed by atoms with Crippen LogP contribution in [0.15, 0.2) is 48.5 Å². The van der Waals surface area contributed by atoms with Crippen molar-refractivity contribution >= 4 is 21.8 Å². The topological polar surface area (TPSA) is 116 Å². The smallest absolute Gasteiger partial charge is 0.267 e. The maximum absolute atomic E-state index is 13.0. The van der Waals surface area contributed by atoms with Crippen LogP contribution in [0.4, 0.5) is 0 Å². The van der Waals surface area contributed by atoms with Gasteiger partial charge in [-0.05, 0) is 41.7 Å². The Labute approximate surface area is 182 Å². The first kappa shape index (κ1) is 22.9. The average Bonchev–Trinajstić information content (AvgIpc) is 3.15. The van der Waals surface area contributed by atoms with Crippen molar-refractivity contribution in [2.24, 2.45) is 0 Å². The lowest BCUT2D eigenvalue weighted by molar-refractivity contribution is -0.133. The van der Waals surface area contributed by atoms with Crippen LogP contribution in [0.2, 0.25) is 0 Å². The Hall–Kier alpha value is -2.75. The number of amides is 2. The first-order valence-electron chi connectivity index (χ1n) is 10.1. The standard InChI is InChI=1S/C22H27N3O5S/c1-3-4-15-5-7-16(8-6-15)17-9-11-18(12-10-17)22(27)25-14-13-19(24-31(2,29)30)20(25)21(26)23-28/h5-12,19-20,24,28H,3-4,13-14H2,1-2H3,(H,23,26)/t19-,20-/m0/s1. The van der Waals surface area contributed by atoms with E-state index in [0.29, 0.717) is 5.56 Å². The molecule has 0 saturated carbocycles. The molecule has 8 nitrogen and oxygen atoms in total. The molecule has 1 aliphatic heterocycles. The fourth-order valence-corrected chi connectivity index (χ4v) is 4.73. The molecule has 31 heavy (non-hydrogen) atoms. The Morgan fingerprint density at radius 1 is 1.06 bits per heavy atom. The summed E-state index contributed by atoms with van der Waals surface area (Å²) in [4.78, 5) is 26.5. The van der Waals surface area contributed by atoms with E-state index >= 15 is 0 Å². The second-order valence-electron chi connectivity index (χ2n) is 7.73. The summed E-state index contributed by atoms with van der Waals surface area (Å²) in [5.41, 5.74) is 5.19. The molecular formula is C22H27N3O5S. The second kappa shape index (κ2) is 9.59. The van der Waals surface area contributed by atoms with Gasteiger partial charge in [-0.2, -0.15) is 0 Å². The van der Waals surface area contributed by atoms with Crippen LogP contribution in [0.3, 0.4) is 0 Å². The van der Waals surface area contributed by atoms with Crippen LogP contribution in [-0.2, 0) is 21.2 Å². The number of hydrogen-bond donors (Lipinski definition) is 3. The highest BCUT2D eigenvalue weighted by atomic mass is 32.2. The fourth-order valence-electron chi connectivity index (χ4n) is 3.93. The van der Waals surface area contributed by atoms with Gasteiger partial charge in [0.1, 0.15) is 6.04 Å². The Kier molecular flexibility index (Phi) is 7.09. The molecule has 0 aromatic heterocycles. The minimum absolute atomic E-state index is 0.185. The highest BCUT2D eigenvalue weighted by Crippen LogP contribution is 2.24. The van der Waals surface area contributed by atoms with Crippen LogP contribution < -0.4 is 10.2 Å². The van der Waals surface area contributed by atoms with Crippen molar-refractivity contribution < 1.29 is 23.2 Å². The van der Waals surface area contributed by atoms with E-state index in [2.05, 4.69) is 23.8 Å². The molecule has 1 aliphatic rings. The summed E-state index contributed by atoms with van der Waals surface area (Å²) in [7, 11) is -3.59. The molecule has 3 N–H and O–H groups in total. The zero-order valence-corrected chi connectivity index (χ0v) is 18.4. The second-order valence-corrected chi connectivity index (χ2v) is 9.51. The van der Waals surface area contributed by atoms with Crippen LogP contribution >= 0.6 is 0 Å². The SMILES string of the molecule is CCCc1ccc(-c2ccc(C(=O)N3CC[C@H](NS(C)(=O)=O)[C@H]3C(=O)NO)cc2)cc1. The summed E-state index contributed by atoms with van der Waals surface area (Å²) in [6.45, 7) is 2.32. The van der Waals surface area contributed by atoms with E-state index in [9.17, 15) is 18.0 Å². The van der Waals surface area contributed by atoms with Gasteiger partial charge >= 0.3 is 0 Å². The highest BCUT2D eigenvalue weighted by Gasteiger charge is 2.43. The lowest BCUT2D eigenvalue weighted by atomic mass is 10.0. The maximum atomic E-state index is 13.0. The summed E-state index contributed by atoms with van der Waals surface area (Å²) >= 11 is 0. The third-order valence-corrected chi connectivity index (χ3v) is 6.09. The molecule has 2 amide bonds. The van der Waals surface area contributed by atoms with Gasteiger partial charge in [0.05, 0.1) is 12.3 Å². The quantitative estimate of drug-likeness (QED) is 0.445. The third kappa shape index (κ3) is 5.49. The molecular weight excluding hydrogens is 418 g/mol. The molecule has 1 saturated heterocycles. The first-order valence-corrected chi connectivity index (χ1v) is 12.0. The van der Waals surface area contributed by atoms with Crippen molar-refractivity contribution in [3.8, 4) is 11.1 Å². The van der Waals surface area contributed by atoms with E-state index in [4.69, 9.17) is 5.21 Å². The Bertz CT molecular complexity index is 1040. The summed E-state index contributed by atoms with van der Waals surface area (Å²) in [6.07, 6.45) is 3.36. The molecule has 9 heteroatoms. The van der Waals surface area contributed by atoms with E-state index in [1.165, 1.54) is 15.9 Å². The largest absolute Gasteiger partial charge is 0.325 e. The molecule has 166 valence electrons. The first-order chi connectivity index (χ1) is 14.7. The zero-order chi connectivity index (χ0) is 22.6. The number of aryl methyl sites for hydroxylation is 1.